The minimum absolute atomic E-state index is 0.0919. The van der Waals surface area contributed by atoms with Gasteiger partial charge in [-0.2, -0.15) is 0 Å². The third kappa shape index (κ3) is 5.32. The van der Waals surface area contributed by atoms with Crippen LogP contribution in [0, 0.1) is 6.92 Å². The Balaban J connectivity index is 1.80. The molecule has 118 valence electrons. The van der Waals surface area contributed by atoms with E-state index in [4.69, 9.17) is 9.47 Å². The van der Waals surface area contributed by atoms with Gasteiger partial charge >= 0.3 is 0 Å². The third-order valence-electron chi connectivity index (χ3n) is 3.18. The Morgan fingerprint density at radius 3 is 1.95 bits per heavy atom. The summed E-state index contributed by atoms with van der Waals surface area (Å²) in [6, 6.07) is 16.1. The van der Waals surface area contributed by atoms with Crippen molar-refractivity contribution in [3.63, 3.8) is 0 Å². The van der Waals surface area contributed by atoms with Gasteiger partial charge in [-0.1, -0.05) is 17.7 Å². The van der Waals surface area contributed by atoms with Crippen molar-refractivity contribution in [1.82, 2.24) is 0 Å². The van der Waals surface area contributed by atoms with Crippen molar-refractivity contribution in [1.29, 1.82) is 0 Å². The zero-order valence-corrected chi connectivity index (χ0v) is 13.8. The van der Waals surface area contributed by atoms with Crippen molar-refractivity contribution >= 4 is 5.69 Å². The second-order valence-electron chi connectivity index (χ2n) is 5.81. The van der Waals surface area contributed by atoms with Crippen molar-refractivity contribution in [2.75, 3.05) is 11.9 Å². The Labute approximate surface area is 133 Å². The van der Waals surface area contributed by atoms with Crippen LogP contribution < -0.4 is 14.8 Å². The second kappa shape index (κ2) is 7.74. The van der Waals surface area contributed by atoms with Gasteiger partial charge in [-0.25, -0.2) is 0 Å². The molecule has 2 aromatic rings. The molecule has 0 aliphatic rings. The largest absolute Gasteiger partial charge is 0.491 e. The van der Waals surface area contributed by atoms with Crippen LogP contribution in [0.2, 0.25) is 0 Å². The first-order chi connectivity index (χ1) is 10.5. The average molecular weight is 299 g/mol. The Hall–Kier alpha value is -2.16. The average Bonchev–Trinajstić information content (AvgIpc) is 2.48. The second-order valence-corrected chi connectivity index (χ2v) is 5.81. The molecule has 0 spiro atoms. The van der Waals surface area contributed by atoms with Crippen LogP contribution in [0.25, 0.3) is 0 Å². The zero-order valence-electron chi connectivity index (χ0n) is 13.8. The van der Waals surface area contributed by atoms with E-state index in [1.807, 2.05) is 50.2 Å². The molecule has 0 aliphatic carbocycles. The fourth-order valence-electron chi connectivity index (χ4n) is 2.08. The van der Waals surface area contributed by atoms with Gasteiger partial charge in [0, 0.05) is 5.69 Å². The van der Waals surface area contributed by atoms with Crippen LogP contribution in [0.1, 0.15) is 26.3 Å². The van der Waals surface area contributed by atoms with Crippen molar-refractivity contribution in [2.45, 2.75) is 39.9 Å². The molecule has 2 aromatic carbocycles. The van der Waals surface area contributed by atoms with Gasteiger partial charge in [0.1, 0.15) is 17.6 Å². The number of benzene rings is 2. The third-order valence-corrected chi connectivity index (χ3v) is 3.18. The molecule has 22 heavy (non-hydrogen) atoms. The summed E-state index contributed by atoms with van der Waals surface area (Å²) >= 11 is 0. The molecule has 1 N–H and O–H groups in total. The Morgan fingerprint density at radius 2 is 1.36 bits per heavy atom. The topological polar surface area (TPSA) is 30.5 Å². The maximum Gasteiger partial charge on any atom is 0.119 e. The van der Waals surface area contributed by atoms with Crippen LogP contribution in [0.5, 0.6) is 11.5 Å². The molecule has 0 bridgehead atoms. The normalized spacial score (nSPS) is 12.0. The summed E-state index contributed by atoms with van der Waals surface area (Å²) in [7, 11) is 0. The Morgan fingerprint density at radius 1 is 0.818 bits per heavy atom. The van der Waals surface area contributed by atoms with Gasteiger partial charge in [-0.3, -0.25) is 0 Å². The van der Waals surface area contributed by atoms with Gasteiger partial charge in [-0.05, 0) is 64.1 Å². The van der Waals surface area contributed by atoms with E-state index >= 15 is 0 Å². The Kier molecular flexibility index (Phi) is 5.70. The van der Waals surface area contributed by atoms with Crippen LogP contribution in [0.15, 0.2) is 48.5 Å². The number of hydrogen-bond acceptors (Lipinski definition) is 3. The highest BCUT2D eigenvalue weighted by molar-refractivity contribution is 5.46. The molecule has 1 unspecified atom stereocenters. The van der Waals surface area contributed by atoms with E-state index in [0.29, 0.717) is 0 Å². The van der Waals surface area contributed by atoms with Crippen molar-refractivity contribution in [3.05, 3.63) is 54.1 Å². The van der Waals surface area contributed by atoms with Gasteiger partial charge in [-0.15, -0.1) is 0 Å². The summed E-state index contributed by atoms with van der Waals surface area (Å²) in [6.07, 6.45) is 0.288. The number of rotatable bonds is 7. The van der Waals surface area contributed by atoms with Gasteiger partial charge in [0.2, 0.25) is 0 Å². The monoisotopic (exact) mass is 299 g/mol. The summed E-state index contributed by atoms with van der Waals surface area (Å²) in [5.74, 6) is 1.80. The van der Waals surface area contributed by atoms with E-state index in [0.717, 1.165) is 23.7 Å². The smallest absolute Gasteiger partial charge is 0.119 e. The zero-order chi connectivity index (χ0) is 15.9. The van der Waals surface area contributed by atoms with E-state index in [9.17, 15) is 0 Å². The molecule has 0 saturated carbocycles. The van der Waals surface area contributed by atoms with E-state index in [-0.39, 0.29) is 12.2 Å². The first-order valence-electron chi connectivity index (χ1n) is 7.77. The van der Waals surface area contributed by atoms with E-state index in [2.05, 4.69) is 31.3 Å². The molecule has 0 radical (unpaired) electrons. The molecule has 0 aromatic heterocycles. The molecular formula is C19H25NO2. The summed E-state index contributed by atoms with van der Waals surface area (Å²) in [5, 5.41) is 3.38. The van der Waals surface area contributed by atoms with Gasteiger partial charge in [0.15, 0.2) is 0 Å². The molecule has 0 fully saturated rings. The first kappa shape index (κ1) is 16.2. The predicted octanol–water partition coefficient (Wildman–Crippen LogP) is 4.66. The van der Waals surface area contributed by atoms with Crippen LogP contribution in [0.4, 0.5) is 5.69 Å². The molecule has 0 amide bonds. The van der Waals surface area contributed by atoms with E-state index in [1.165, 1.54) is 5.56 Å². The van der Waals surface area contributed by atoms with Gasteiger partial charge in [0.25, 0.3) is 0 Å². The van der Waals surface area contributed by atoms with Crippen molar-refractivity contribution in [2.24, 2.45) is 0 Å². The van der Waals surface area contributed by atoms with Crippen LogP contribution in [-0.4, -0.2) is 18.8 Å². The lowest BCUT2D eigenvalue weighted by atomic mass is 10.2. The minimum Gasteiger partial charge on any atom is -0.491 e. The summed E-state index contributed by atoms with van der Waals surface area (Å²) < 4.78 is 11.5. The molecular weight excluding hydrogens is 274 g/mol. The highest BCUT2D eigenvalue weighted by atomic mass is 16.5. The summed E-state index contributed by atoms with van der Waals surface area (Å²) in [6.45, 7) is 8.93. The molecule has 0 saturated heterocycles. The maximum absolute atomic E-state index is 5.88. The molecule has 0 heterocycles. The lowest BCUT2D eigenvalue weighted by Gasteiger charge is -2.17. The van der Waals surface area contributed by atoms with Crippen LogP contribution >= 0.6 is 0 Å². The molecule has 2 rings (SSSR count). The molecule has 1 atom stereocenters. The highest BCUT2D eigenvalue weighted by Gasteiger charge is 2.04. The first-order valence-corrected chi connectivity index (χ1v) is 7.77. The number of anilines is 1. The van der Waals surface area contributed by atoms with Gasteiger partial charge in [0.05, 0.1) is 12.6 Å². The number of ether oxygens (including phenoxy) is 2. The standard InChI is InChI=1S/C19H25NO2/c1-14(2)21-18-11-7-17(8-12-18)20-13-16(4)22-19-9-5-15(3)6-10-19/h5-12,14,16,20H,13H2,1-4H3. The Bertz CT molecular complexity index is 561. The minimum atomic E-state index is 0.0919. The number of hydrogen-bond donors (Lipinski definition) is 1. The van der Waals surface area contributed by atoms with Gasteiger partial charge < -0.3 is 14.8 Å². The summed E-state index contributed by atoms with van der Waals surface area (Å²) in [4.78, 5) is 0. The molecule has 0 aliphatic heterocycles. The van der Waals surface area contributed by atoms with Crippen LogP contribution in [-0.2, 0) is 0 Å². The van der Waals surface area contributed by atoms with Crippen molar-refractivity contribution in [3.8, 4) is 11.5 Å². The summed E-state index contributed by atoms with van der Waals surface area (Å²) in [5.41, 5.74) is 2.30. The van der Waals surface area contributed by atoms with Crippen molar-refractivity contribution < 1.29 is 9.47 Å². The van der Waals surface area contributed by atoms with E-state index < -0.39 is 0 Å². The number of aryl methyl sites for hydroxylation is 1. The SMILES string of the molecule is Cc1ccc(OC(C)CNc2ccc(OC(C)C)cc2)cc1. The fraction of sp³-hybridized carbons (Fsp3) is 0.368. The maximum atomic E-state index is 5.88. The van der Waals surface area contributed by atoms with Crippen LogP contribution in [0.3, 0.4) is 0 Å². The molecule has 3 nitrogen and oxygen atoms in total. The number of nitrogens with one attached hydrogen (secondary N) is 1. The predicted molar refractivity (Wildman–Crippen MR) is 92.0 cm³/mol. The lowest BCUT2D eigenvalue weighted by Crippen LogP contribution is -2.22. The lowest BCUT2D eigenvalue weighted by molar-refractivity contribution is 0.234. The molecule has 3 heteroatoms. The quantitative estimate of drug-likeness (QED) is 0.806. The fourth-order valence-corrected chi connectivity index (χ4v) is 2.08. The van der Waals surface area contributed by atoms with E-state index in [1.54, 1.807) is 0 Å². The highest BCUT2D eigenvalue weighted by Crippen LogP contribution is 2.17.